The standard InChI is InChI=1S/C16H22N4O4S/c1-5-10-8-18-14-12(15(22)20(3)16(23)19(14)2)13(10)25-9-11(21)17-6-7-24-4/h8H,5-7,9H2,1-4H3,(H,17,21). The van der Waals surface area contributed by atoms with Crippen molar-refractivity contribution in [3.05, 3.63) is 32.6 Å². The summed E-state index contributed by atoms with van der Waals surface area (Å²) in [5, 5.41) is 3.12. The maximum atomic E-state index is 12.6. The molecular weight excluding hydrogens is 344 g/mol. The summed E-state index contributed by atoms with van der Waals surface area (Å²) < 4.78 is 7.30. The molecule has 0 spiro atoms. The lowest BCUT2D eigenvalue weighted by Crippen LogP contribution is -2.37. The summed E-state index contributed by atoms with van der Waals surface area (Å²) in [5.74, 6) is 0.0256. The molecule has 136 valence electrons. The molecule has 2 rings (SSSR count). The van der Waals surface area contributed by atoms with Gasteiger partial charge in [0.15, 0.2) is 0 Å². The van der Waals surface area contributed by atoms with Gasteiger partial charge < -0.3 is 10.1 Å². The molecule has 0 bridgehead atoms. The van der Waals surface area contributed by atoms with Gasteiger partial charge >= 0.3 is 5.69 Å². The number of nitrogens with zero attached hydrogens (tertiary/aromatic N) is 3. The Kier molecular flexibility index (Phi) is 6.38. The van der Waals surface area contributed by atoms with Gasteiger partial charge in [-0.15, -0.1) is 11.8 Å². The number of carbonyl (C=O) groups excluding carboxylic acids is 1. The lowest BCUT2D eigenvalue weighted by atomic mass is 10.2. The number of hydrogen-bond donors (Lipinski definition) is 1. The second kappa shape index (κ2) is 8.30. The summed E-state index contributed by atoms with van der Waals surface area (Å²) in [7, 11) is 4.58. The van der Waals surface area contributed by atoms with E-state index in [2.05, 4.69) is 10.3 Å². The number of carbonyl (C=O) groups is 1. The average Bonchev–Trinajstić information content (AvgIpc) is 2.62. The fourth-order valence-electron chi connectivity index (χ4n) is 2.44. The molecule has 0 atom stereocenters. The van der Waals surface area contributed by atoms with Crippen molar-refractivity contribution in [2.75, 3.05) is 26.0 Å². The maximum Gasteiger partial charge on any atom is 0.332 e. The van der Waals surface area contributed by atoms with Crippen LogP contribution < -0.4 is 16.6 Å². The first kappa shape index (κ1) is 19.2. The quantitative estimate of drug-likeness (QED) is 0.550. The van der Waals surface area contributed by atoms with E-state index in [1.165, 1.54) is 23.4 Å². The van der Waals surface area contributed by atoms with Gasteiger partial charge in [-0.3, -0.25) is 18.7 Å². The molecule has 0 unspecified atom stereocenters. The average molecular weight is 366 g/mol. The van der Waals surface area contributed by atoms with Crippen molar-refractivity contribution in [1.82, 2.24) is 19.4 Å². The Bertz CT molecular complexity index is 904. The van der Waals surface area contributed by atoms with Crippen LogP contribution >= 0.6 is 11.8 Å². The molecule has 0 aliphatic rings. The highest BCUT2D eigenvalue weighted by molar-refractivity contribution is 8.00. The number of rotatable bonds is 7. The van der Waals surface area contributed by atoms with E-state index >= 15 is 0 Å². The summed E-state index contributed by atoms with van der Waals surface area (Å²) in [5.41, 5.74) is 0.372. The van der Waals surface area contributed by atoms with E-state index in [9.17, 15) is 14.4 Å². The molecule has 8 nitrogen and oxygen atoms in total. The molecule has 2 heterocycles. The smallest absolute Gasteiger partial charge is 0.332 e. The number of thioether (sulfide) groups is 1. The first-order valence-corrected chi connectivity index (χ1v) is 8.86. The van der Waals surface area contributed by atoms with E-state index in [-0.39, 0.29) is 11.7 Å². The van der Waals surface area contributed by atoms with E-state index in [1.807, 2.05) is 6.92 Å². The topological polar surface area (TPSA) is 95.2 Å². The molecule has 2 aromatic heterocycles. The van der Waals surface area contributed by atoms with Gasteiger partial charge in [0.25, 0.3) is 5.56 Å². The van der Waals surface area contributed by atoms with Gasteiger partial charge in [0.2, 0.25) is 5.91 Å². The van der Waals surface area contributed by atoms with E-state index in [0.717, 1.165) is 10.1 Å². The zero-order chi connectivity index (χ0) is 18.6. The minimum Gasteiger partial charge on any atom is -0.383 e. The molecular formula is C16H22N4O4S. The van der Waals surface area contributed by atoms with E-state index in [1.54, 1.807) is 20.4 Å². The predicted molar refractivity (Wildman–Crippen MR) is 97.2 cm³/mol. The molecule has 0 saturated carbocycles. The van der Waals surface area contributed by atoms with Gasteiger partial charge in [-0.2, -0.15) is 0 Å². The molecule has 0 fully saturated rings. The Balaban J connectivity index is 2.45. The number of hydrogen-bond acceptors (Lipinski definition) is 6. The van der Waals surface area contributed by atoms with Crippen LogP contribution in [-0.4, -0.2) is 46.0 Å². The van der Waals surface area contributed by atoms with Gasteiger partial charge in [0.1, 0.15) is 5.65 Å². The predicted octanol–water partition coefficient (Wildman–Crippen LogP) is 0.0493. The molecule has 1 amide bonds. The normalized spacial score (nSPS) is 11.0. The number of methoxy groups -OCH3 is 1. The minimum absolute atomic E-state index is 0.143. The Morgan fingerprint density at radius 1 is 1.32 bits per heavy atom. The minimum atomic E-state index is -0.428. The summed E-state index contributed by atoms with van der Waals surface area (Å²) in [6.45, 7) is 2.83. The number of aromatic nitrogens is 3. The summed E-state index contributed by atoms with van der Waals surface area (Å²) in [4.78, 5) is 41.6. The van der Waals surface area contributed by atoms with Crippen molar-refractivity contribution >= 4 is 28.7 Å². The van der Waals surface area contributed by atoms with Gasteiger partial charge in [-0.1, -0.05) is 6.92 Å². The maximum absolute atomic E-state index is 12.6. The van der Waals surface area contributed by atoms with Crippen LogP contribution in [0.5, 0.6) is 0 Å². The number of amides is 1. The molecule has 25 heavy (non-hydrogen) atoms. The third kappa shape index (κ3) is 3.93. The van der Waals surface area contributed by atoms with Crippen LogP contribution in [0.1, 0.15) is 12.5 Å². The first-order valence-electron chi connectivity index (χ1n) is 7.88. The number of pyridine rings is 1. The van der Waals surface area contributed by atoms with Gasteiger partial charge in [-0.05, 0) is 12.0 Å². The lowest BCUT2D eigenvalue weighted by molar-refractivity contribution is -0.118. The van der Waals surface area contributed by atoms with Crippen molar-refractivity contribution in [2.24, 2.45) is 14.1 Å². The van der Waals surface area contributed by atoms with E-state index < -0.39 is 11.2 Å². The second-order valence-corrected chi connectivity index (χ2v) is 6.49. The monoisotopic (exact) mass is 366 g/mol. The molecule has 0 aliphatic heterocycles. The fourth-order valence-corrected chi connectivity index (χ4v) is 3.52. The molecule has 2 aromatic rings. The van der Waals surface area contributed by atoms with E-state index in [0.29, 0.717) is 35.5 Å². The third-order valence-corrected chi connectivity index (χ3v) is 5.01. The molecule has 0 saturated heterocycles. The number of ether oxygens (including phenoxy) is 1. The second-order valence-electron chi connectivity index (χ2n) is 5.50. The number of aryl methyl sites for hydroxylation is 2. The summed E-state index contributed by atoms with van der Waals surface area (Å²) in [6, 6.07) is 0. The van der Waals surface area contributed by atoms with Crippen LogP contribution in [0.25, 0.3) is 11.0 Å². The Labute approximate surface area is 149 Å². The zero-order valence-corrected chi connectivity index (χ0v) is 15.6. The highest BCUT2D eigenvalue weighted by atomic mass is 32.2. The van der Waals surface area contributed by atoms with Crippen LogP contribution in [-0.2, 0) is 30.0 Å². The Morgan fingerprint density at radius 3 is 2.68 bits per heavy atom. The molecule has 0 aromatic carbocycles. The number of nitrogens with one attached hydrogen (secondary N) is 1. The third-order valence-electron chi connectivity index (χ3n) is 3.85. The summed E-state index contributed by atoms with van der Waals surface area (Å²) >= 11 is 1.28. The fraction of sp³-hybridized carbons (Fsp3) is 0.500. The van der Waals surface area contributed by atoms with Crippen molar-refractivity contribution in [1.29, 1.82) is 0 Å². The van der Waals surface area contributed by atoms with Crippen molar-refractivity contribution in [3.8, 4) is 0 Å². The SMILES string of the molecule is CCc1cnc2c(c1SCC(=O)NCCOC)c(=O)n(C)c(=O)n2C. The van der Waals surface area contributed by atoms with Crippen molar-refractivity contribution < 1.29 is 9.53 Å². The van der Waals surface area contributed by atoms with Crippen LogP contribution in [0.4, 0.5) is 0 Å². The molecule has 0 radical (unpaired) electrons. The zero-order valence-electron chi connectivity index (χ0n) is 14.8. The van der Waals surface area contributed by atoms with Crippen LogP contribution in [0.3, 0.4) is 0 Å². The first-order chi connectivity index (χ1) is 11.9. The van der Waals surface area contributed by atoms with E-state index in [4.69, 9.17) is 4.74 Å². The largest absolute Gasteiger partial charge is 0.383 e. The summed E-state index contributed by atoms with van der Waals surface area (Å²) in [6.07, 6.45) is 2.33. The van der Waals surface area contributed by atoms with Crippen LogP contribution in [0, 0.1) is 0 Å². The van der Waals surface area contributed by atoms with Crippen LogP contribution in [0.15, 0.2) is 20.7 Å². The molecule has 0 aliphatic carbocycles. The highest BCUT2D eigenvalue weighted by Crippen LogP contribution is 2.28. The van der Waals surface area contributed by atoms with Crippen molar-refractivity contribution in [2.45, 2.75) is 18.2 Å². The van der Waals surface area contributed by atoms with Gasteiger partial charge in [0, 0.05) is 38.8 Å². The number of fused-ring (bicyclic) bond motifs is 1. The Hall–Kier alpha value is -2.13. The molecule has 1 N–H and O–H groups in total. The van der Waals surface area contributed by atoms with Crippen LogP contribution in [0.2, 0.25) is 0 Å². The molecule has 9 heteroatoms. The highest BCUT2D eigenvalue weighted by Gasteiger charge is 2.17. The van der Waals surface area contributed by atoms with Gasteiger partial charge in [0.05, 0.1) is 17.7 Å². The van der Waals surface area contributed by atoms with Gasteiger partial charge in [-0.25, -0.2) is 9.78 Å². The van der Waals surface area contributed by atoms with Crippen molar-refractivity contribution in [3.63, 3.8) is 0 Å². The Morgan fingerprint density at radius 2 is 2.04 bits per heavy atom. The lowest BCUT2D eigenvalue weighted by Gasteiger charge is -2.13.